The summed E-state index contributed by atoms with van der Waals surface area (Å²) in [5.74, 6) is -0.105. The normalized spacial score (nSPS) is 10.5. The second kappa shape index (κ2) is 9.25. The predicted molar refractivity (Wildman–Crippen MR) is 94.3 cm³/mol. The number of amides is 1. The first-order valence-corrected chi connectivity index (χ1v) is 8.19. The molecule has 0 saturated carbocycles. The molecule has 134 valence electrons. The lowest BCUT2D eigenvalue weighted by Crippen LogP contribution is -2.20. The summed E-state index contributed by atoms with van der Waals surface area (Å²) in [7, 11) is 0. The maximum Gasteiger partial charge on any atom is 0.255 e. The highest BCUT2D eigenvalue weighted by atomic mass is 35.5. The van der Waals surface area contributed by atoms with E-state index in [1.54, 1.807) is 24.3 Å². The molecule has 0 spiro atoms. The summed E-state index contributed by atoms with van der Waals surface area (Å²) in [5.41, 5.74) is 6.96. The molecule has 0 saturated heterocycles. The number of hydrogen-bond donors (Lipinski definition) is 2. The zero-order valence-electron chi connectivity index (χ0n) is 13.9. The number of nitrogens with two attached hydrogens (primary N) is 1. The van der Waals surface area contributed by atoms with Crippen LogP contribution in [0.1, 0.15) is 18.1 Å². The predicted octanol–water partition coefficient (Wildman–Crippen LogP) is 3.03. The highest BCUT2D eigenvalue weighted by molar-refractivity contribution is 6.32. The molecule has 2 aromatic rings. The average molecular weight is 367 g/mol. The molecule has 25 heavy (non-hydrogen) atoms. The Morgan fingerprint density at radius 3 is 2.48 bits per heavy atom. The number of carbonyl (C=O) groups is 1. The molecule has 0 aliphatic heterocycles. The average Bonchev–Trinajstić information content (AvgIpc) is 2.56. The molecule has 1 amide bonds. The van der Waals surface area contributed by atoms with Gasteiger partial charge in [-0.3, -0.25) is 4.79 Å². The quantitative estimate of drug-likeness (QED) is 0.715. The molecule has 0 unspecified atom stereocenters. The molecule has 0 atom stereocenters. The molecule has 2 rings (SSSR count). The van der Waals surface area contributed by atoms with Gasteiger partial charge in [0.05, 0.1) is 11.6 Å². The topological polar surface area (TPSA) is 73.6 Å². The molecule has 0 aliphatic carbocycles. The summed E-state index contributed by atoms with van der Waals surface area (Å²) in [6.45, 7) is 3.11. The minimum absolute atomic E-state index is 0.261. The van der Waals surface area contributed by atoms with E-state index in [0.29, 0.717) is 36.2 Å². The Morgan fingerprint density at radius 1 is 1.16 bits per heavy atom. The number of carbonyl (C=O) groups excluding carboxylic acids is 1. The van der Waals surface area contributed by atoms with Crippen molar-refractivity contribution in [1.82, 2.24) is 5.32 Å². The van der Waals surface area contributed by atoms with Crippen LogP contribution >= 0.6 is 11.6 Å². The third kappa shape index (κ3) is 5.92. The van der Waals surface area contributed by atoms with Crippen LogP contribution < -0.4 is 20.5 Å². The smallest absolute Gasteiger partial charge is 0.255 e. The van der Waals surface area contributed by atoms with Crippen LogP contribution in [0.25, 0.3) is 0 Å². The van der Waals surface area contributed by atoms with Crippen LogP contribution in [-0.2, 0) is 17.9 Å². The van der Waals surface area contributed by atoms with Gasteiger partial charge < -0.3 is 20.5 Å². The lowest BCUT2D eigenvalue weighted by Gasteiger charge is -2.15. The molecule has 0 radical (unpaired) electrons. The van der Waals surface area contributed by atoms with Crippen LogP contribution in [0.15, 0.2) is 36.4 Å². The first kappa shape index (κ1) is 19.0. The third-order valence-corrected chi connectivity index (χ3v) is 3.58. The number of nitrogens with one attached hydrogen (secondary N) is 1. The van der Waals surface area contributed by atoms with Gasteiger partial charge in [-0.2, -0.15) is 0 Å². The first-order valence-electron chi connectivity index (χ1n) is 7.81. The number of hydrogen-bond acceptors (Lipinski definition) is 4. The zero-order valence-corrected chi connectivity index (χ0v) is 14.6. The van der Waals surface area contributed by atoms with Crippen LogP contribution in [0.4, 0.5) is 4.39 Å². The fraction of sp³-hybridized carbons (Fsp3) is 0.278. The Kier molecular flexibility index (Phi) is 7.03. The van der Waals surface area contributed by atoms with Gasteiger partial charge >= 0.3 is 0 Å². The Bertz CT molecular complexity index is 723. The van der Waals surface area contributed by atoms with Gasteiger partial charge in [-0.05, 0) is 42.3 Å². The molecule has 0 bridgehead atoms. The maximum atomic E-state index is 12.9. The molecule has 0 fully saturated rings. The summed E-state index contributed by atoms with van der Waals surface area (Å²) in [4.78, 5) is 10.9. The van der Waals surface area contributed by atoms with Gasteiger partial charge in [-0.1, -0.05) is 23.7 Å². The van der Waals surface area contributed by atoms with Crippen LogP contribution in [0.5, 0.6) is 11.5 Å². The Balaban J connectivity index is 2.04. The van der Waals surface area contributed by atoms with Crippen molar-refractivity contribution >= 4 is 17.5 Å². The summed E-state index contributed by atoms with van der Waals surface area (Å²) in [5, 5.41) is 3.59. The van der Waals surface area contributed by atoms with Crippen LogP contribution in [0, 0.1) is 5.82 Å². The SMILES string of the molecule is CCOc1cc(CNCc2ccc(F)cc2)cc(Cl)c1OCC(N)=O. The largest absolute Gasteiger partial charge is 0.490 e. The van der Waals surface area contributed by atoms with Gasteiger partial charge in [0.2, 0.25) is 0 Å². The molecule has 0 heterocycles. The number of ether oxygens (including phenoxy) is 2. The van der Waals surface area contributed by atoms with E-state index in [4.69, 9.17) is 26.8 Å². The number of halogens is 2. The van der Waals surface area contributed by atoms with E-state index in [0.717, 1.165) is 11.1 Å². The monoisotopic (exact) mass is 366 g/mol. The third-order valence-electron chi connectivity index (χ3n) is 3.30. The van der Waals surface area contributed by atoms with E-state index in [2.05, 4.69) is 5.32 Å². The van der Waals surface area contributed by atoms with Crippen molar-refractivity contribution in [2.24, 2.45) is 5.73 Å². The van der Waals surface area contributed by atoms with Gasteiger partial charge in [0.25, 0.3) is 5.91 Å². The van der Waals surface area contributed by atoms with Crippen molar-refractivity contribution in [1.29, 1.82) is 0 Å². The van der Waals surface area contributed by atoms with Crippen LogP contribution in [0.3, 0.4) is 0 Å². The fourth-order valence-corrected chi connectivity index (χ4v) is 2.51. The van der Waals surface area contributed by atoms with E-state index >= 15 is 0 Å². The molecule has 0 aliphatic rings. The van der Waals surface area contributed by atoms with Crippen LogP contribution in [0.2, 0.25) is 5.02 Å². The van der Waals surface area contributed by atoms with Crippen molar-refractivity contribution < 1.29 is 18.7 Å². The van der Waals surface area contributed by atoms with Crippen LogP contribution in [-0.4, -0.2) is 19.1 Å². The summed E-state index contributed by atoms with van der Waals surface area (Å²) < 4.78 is 23.8. The number of benzene rings is 2. The summed E-state index contributed by atoms with van der Waals surface area (Å²) in [6.07, 6.45) is 0. The highest BCUT2D eigenvalue weighted by Gasteiger charge is 2.13. The molecule has 7 heteroatoms. The van der Waals surface area contributed by atoms with Gasteiger partial charge in [0.15, 0.2) is 18.1 Å². The van der Waals surface area contributed by atoms with Crippen molar-refractivity contribution in [3.8, 4) is 11.5 Å². The van der Waals surface area contributed by atoms with Crippen molar-refractivity contribution in [2.45, 2.75) is 20.0 Å². The van der Waals surface area contributed by atoms with Gasteiger partial charge in [0.1, 0.15) is 5.82 Å². The Morgan fingerprint density at radius 2 is 1.84 bits per heavy atom. The Labute approximate surface area is 150 Å². The van der Waals surface area contributed by atoms with Crippen molar-refractivity contribution in [2.75, 3.05) is 13.2 Å². The van der Waals surface area contributed by atoms with Crippen molar-refractivity contribution in [3.05, 3.63) is 58.4 Å². The highest BCUT2D eigenvalue weighted by Crippen LogP contribution is 2.36. The van der Waals surface area contributed by atoms with E-state index in [1.165, 1.54) is 12.1 Å². The molecule has 0 aromatic heterocycles. The second-order valence-corrected chi connectivity index (χ2v) is 5.73. The lowest BCUT2D eigenvalue weighted by molar-refractivity contribution is -0.119. The fourth-order valence-electron chi connectivity index (χ4n) is 2.22. The first-order chi connectivity index (χ1) is 12.0. The Hall–Kier alpha value is -2.31. The maximum absolute atomic E-state index is 12.9. The van der Waals surface area contributed by atoms with Gasteiger partial charge in [0, 0.05) is 13.1 Å². The molecule has 5 nitrogen and oxygen atoms in total. The molecular formula is C18H20ClFN2O3. The van der Waals surface area contributed by atoms with Gasteiger partial charge in [-0.15, -0.1) is 0 Å². The zero-order chi connectivity index (χ0) is 18.2. The van der Waals surface area contributed by atoms with E-state index in [-0.39, 0.29) is 12.4 Å². The van der Waals surface area contributed by atoms with Crippen molar-refractivity contribution in [3.63, 3.8) is 0 Å². The standard InChI is InChI=1S/C18H20ClFN2O3/c1-2-24-16-8-13(7-15(19)18(16)25-11-17(21)23)10-22-9-12-3-5-14(20)6-4-12/h3-8,22H,2,9-11H2,1H3,(H2,21,23). The second-order valence-electron chi connectivity index (χ2n) is 5.32. The summed E-state index contributed by atoms with van der Waals surface area (Å²) >= 11 is 6.24. The minimum Gasteiger partial charge on any atom is -0.490 e. The van der Waals surface area contributed by atoms with E-state index in [9.17, 15) is 9.18 Å². The van der Waals surface area contributed by atoms with Gasteiger partial charge in [-0.25, -0.2) is 4.39 Å². The molecule has 3 N–H and O–H groups in total. The number of rotatable bonds is 9. The number of primary amides is 1. The molecular weight excluding hydrogens is 347 g/mol. The van der Waals surface area contributed by atoms with E-state index in [1.807, 2.05) is 6.92 Å². The summed E-state index contributed by atoms with van der Waals surface area (Å²) in [6, 6.07) is 9.82. The van der Waals surface area contributed by atoms with E-state index < -0.39 is 5.91 Å². The minimum atomic E-state index is -0.594. The lowest BCUT2D eigenvalue weighted by atomic mass is 10.1. The molecule has 2 aromatic carbocycles.